The summed E-state index contributed by atoms with van der Waals surface area (Å²) in [6.45, 7) is 4.00. The number of piperidine rings is 1. The third kappa shape index (κ3) is 4.13. The Morgan fingerprint density at radius 2 is 2.28 bits per heavy atom. The van der Waals surface area contributed by atoms with Crippen LogP contribution >= 0.6 is 12.2 Å². The summed E-state index contributed by atoms with van der Waals surface area (Å²) in [7, 11) is 0. The predicted molar refractivity (Wildman–Crippen MR) is 91.7 cm³/mol. The fourth-order valence-electron chi connectivity index (χ4n) is 2.97. The molecular weight excluding hydrogens is 345 g/mol. The summed E-state index contributed by atoms with van der Waals surface area (Å²) in [4.78, 5) is 14.2. The molecule has 3 rings (SSSR count). The first-order valence-electron chi connectivity index (χ1n) is 8.30. The first-order chi connectivity index (χ1) is 12.1. The Bertz CT molecular complexity index is 804. The van der Waals surface area contributed by atoms with E-state index >= 15 is 0 Å². The van der Waals surface area contributed by atoms with E-state index in [0.717, 1.165) is 19.4 Å². The van der Waals surface area contributed by atoms with E-state index in [0.29, 0.717) is 19.8 Å². The second kappa shape index (κ2) is 7.88. The molecule has 0 radical (unpaired) electrons. The number of hydrogen-bond acceptors (Lipinski definition) is 6. The van der Waals surface area contributed by atoms with Crippen molar-refractivity contribution in [2.75, 3.05) is 19.7 Å². The molecule has 0 N–H and O–H groups in total. The van der Waals surface area contributed by atoms with Crippen LogP contribution in [-0.2, 0) is 16.2 Å². The number of nitrogens with zero attached hydrogens (tertiary/aromatic N) is 3. The third-order valence-corrected chi connectivity index (χ3v) is 4.46. The van der Waals surface area contributed by atoms with Gasteiger partial charge in [0.05, 0.1) is 24.8 Å². The first kappa shape index (κ1) is 17.8. The highest BCUT2D eigenvalue weighted by Crippen LogP contribution is 2.22. The lowest BCUT2D eigenvalue weighted by molar-refractivity contribution is -0.150. The molecule has 1 fully saturated rings. The summed E-state index contributed by atoms with van der Waals surface area (Å²) in [5.41, 5.74) is 0.274. The maximum absolute atomic E-state index is 13.9. The van der Waals surface area contributed by atoms with Crippen LogP contribution in [0.4, 0.5) is 4.39 Å². The molecule has 0 aliphatic carbocycles. The van der Waals surface area contributed by atoms with Crippen LogP contribution in [0.1, 0.15) is 19.8 Å². The standard InChI is InChI=1S/C17H20FN3O3S/c1-2-23-16(22)12-6-5-9-20(10-12)11-21-17(25)24-15(19-21)13-7-3-4-8-14(13)18/h3-4,7-8,12H,2,5-6,9-11H2,1H3/t12-/m0/s1. The quantitative estimate of drug-likeness (QED) is 0.599. The van der Waals surface area contributed by atoms with E-state index < -0.39 is 5.82 Å². The highest BCUT2D eigenvalue weighted by atomic mass is 32.1. The number of benzene rings is 1. The Kier molecular flexibility index (Phi) is 5.60. The van der Waals surface area contributed by atoms with E-state index in [1.165, 1.54) is 10.7 Å². The lowest BCUT2D eigenvalue weighted by Gasteiger charge is -2.30. The van der Waals surface area contributed by atoms with Gasteiger partial charge < -0.3 is 9.15 Å². The normalized spacial score (nSPS) is 18.2. The van der Waals surface area contributed by atoms with Crippen LogP contribution in [0.3, 0.4) is 0 Å². The fraction of sp³-hybridized carbons (Fsp3) is 0.471. The molecule has 134 valence electrons. The van der Waals surface area contributed by atoms with Crippen molar-refractivity contribution in [3.05, 3.63) is 34.9 Å². The van der Waals surface area contributed by atoms with Crippen LogP contribution in [0.2, 0.25) is 0 Å². The van der Waals surface area contributed by atoms with E-state index in [4.69, 9.17) is 21.4 Å². The zero-order chi connectivity index (χ0) is 17.8. The minimum atomic E-state index is -0.411. The summed E-state index contributed by atoms with van der Waals surface area (Å²) < 4.78 is 26.0. The molecule has 25 heavy (non-hydrogen) atoms. The van der Waals surface area contributed by atoms with Crippen molar-refractivity contribution in [1.29, 1.82) is 0 Å². The summed E-state index contributed by atoms with van der Waals surface area (Å²) >= 11 is 5.20. The average Bonchev–Trinajstić information content (AvgIpc) is 2.96. The van der Waals surface area contributed by atoms with Gasteiger partial charge in [-0.05, 0) is 50.7 Å². The molecule has 0 bridgehead atoms. The number of aromatic nitrogens is 2. The minimum Gasteiger partial charge on any atom is -0.466 e. The number of carbonyl (C=O) groups excluding carboxylic acids is 1. The third-order valence-electron chi connectivity index (χ3n) is 4.17. The lowest BCUT2D eigenvalue weighted by atomic mass is 9.99. The monoisotopic (exact) mass is 365 g/mol. The van der Waals surface area contributed by atoms with Crippen LogP contribution in [0, 0.1) is 16.6 Å². The van der Waals surface area contributed by atoms with Gasteiger partial charge >= 0.3 is 5.97 Å². The van der Waals surface area contributed by atoms with Gasteiger partial charge in [0.15, 0.2) is 0 Å². The number of esters is 1. The van der Waals surface area contributed by atoms with Gasteiger partial charge in [-0.25, -0.2) is 9.07 Å². The van der Waals surface area contributed by atoms with Gasteiger partial charge in [0.2, 0.25) is 5.89 Å². The van der Waals surface area contributed by atoms with Crippen molar-refractivity contribution in [1.82, 2.24) is 14.7 Å². The first-order valence-corrected chi connectivity index (χ1v) is 8.71. The van der Waals surface area contributed by atoms with Gasteiger partial charge in [-0.1, -0.05) is 12.1 Å². The van der Waals surface area contributed by atoms with Crippen molar-refractivity contribution < 1.29 is 18.3 Å². The fourth-order valence-corrected chi connectivity index (χ4v) is 3.14. The number of ether oxygens (including phenoxy) is 1. The topological polar surface area (TPSA) is 60.5 Å². The maximum atomic E-state index is 13.9. The molecule has 1 aromatic heterocycles. The van der Waals surface area contributed by atoms with E-state index in [2.05, 4.69) is 10.00 Å². The molecule has 8 heteroatoms. The zero-order valence-corrected chi connectivity index (χ0v) is 14.8. The van der Waals surface area contributed by atoms with Crippen LogP contribution in [0.5, 0.6) is 0 Å². The average molecular weight is 365 g/mol. The number of halogens is 1. The van der Waals surface area contributed by atoms with Gasteiger partial charge in [-0.3, -0.25) is 9.69 Å². The van der Waals surface area contributed by atoms with Crippen LogP contribution in [0.15, 0.2) is 28.7 Å². The summed E-state index contributed by atoms with van der Waals surface area (Å²) in [6.07, 6.45) is 1.72. The van der Waals surface area contributed by atoms with Crippen molar-refractivity contribution in [3.63, 3.8) is 0 Å². The largest absolute Gasteiger partial charge is 0.466 e. The number of hydrogen-bond donors (Lipinski definition) is 0. The molecule has 1 atom stereocenters. The van der Waals surface area contributed by atoms with Gasteiger partial charge in [-0.2, -0.15) is 0 Å². The van der Waals surface area contributed by atoms with Gasteiger partial charge in [0, 0.05) is 6.54 Å². The van der Waals surface area contributed by atoms with Gasteiger partial charge in [0.1, 0.15) is 5.82 Å². The van der Waals surface area contributed by atoms with Gasteiger partial charge in [0.25, 0.3) is 4.84 Å². The molecular formula is C17H20FN3O3S. The summed E-state index contributed by atoms with van der Waals surface area (Å²) in [5.74, 6) is -0.558. The highest BCUT2D eigenvalue weighted by Gasteiger charge is 2.27. The number of likely N-dealkylation sites (tertiary alicyclic amines) is 1. The molecule has 0 spiro atoms. The van der Waals surface area contributed by atoms with E-state index in [1.54, 1.807) is 25.1 Å². The smallest absolute Gasteiger partial charge is 0.310 e. The molecule has 6 nitrogen and oxygen atoms in total. The Morgan fingerprint density at radius 1 is 1.48 bits per heavy atom. The van der Waals surface area contributed by atoms with Crippen molar-refractivity contribution in [3.8, 4) is 11.5 Å². The second-order valence-corrected chi connectivity index (χ2v) is 6.31. The van der Waals surface area contributed by atoms with E-state index in [1.807, 2.05) is 0 Å². The van der Waals surface area contributed by atoms with Crippen molar-refractivity contribution >= 4 is 18.2 Å². The molecule has 1 aromatic carbocycles. The SMILES string of the molecule is CCOC(=O)[C@H]1CCCN(Cn2nc(-c3ccccc3F)oc2=S)C1. The van der Waals surface area contributed by atoms with E-state index in [-0.39, 0.29) is 28.2 Å². The van der Waals surface area contributed by atoms with Crippen LogP contribution < -0.4 is 0 Å². The number of rotatable bonds is 5. The van der Waals surface area contributed by atoms with Crippen molar-refractivity contribution in [2.45, 2.75) is 26.4 Å². The molecule has 2 heterocycles. The second-order valence-electron chi connectivity index (χ2n) is 5.96. The van der Waals surface area contributed by atoms with Crippen molar-refractivity contribution in [2.24, 2.45) is 5.92 Å². The Balaban J connectivity index is 1.72. The molecule has 0 unspecified atom stereocenters. The molecule has 2 aromatic rings. The van der Waals surface area contributed by atoms with Crippen LogP contribution in [-0.4, -0.2) is 40.3 Å². The summed E-state index contributed by atoms with van der Waals surface area (Å²) in [6, 6.07) is 6.26. The maximum Gasteiger partial charge on any atom is 0.310 e. The Morgan fingerprint density at radius 3 is 3.04 bits per heavy atom. The summed E-state index contributed by atoms with van der Waals surface area (Å²) in [5, 5.41) is 4.29. The van der Waals surface area contributed by atoms with Gasteiger partial charge in [-0.15, -0.1) is 5.10 Å². The lowest BCUT2D eigenvalue weighted by Crippen LogP contribution is -2.40. The Labute approximate surface area is 150 Å². The van der Waals surface area contributed by atoms with Crippen LogP contribution in [0.25, 0.3) is 11.5 Å². The molecule has 0 saturated carbocycles. The molecule has 1 aliphatic rings. The Hall–Kier alpha value is -2.06. The predicted octanol–water partition coefficient (Wildman–Crippen LogP) is 3.24. The van der Waals surface area contributed by atoms with E-state index in [9.17, 15) is 9.18 Å². The molecule has 1 aliphatic heterocycles. The molecule has 0 amide bonds. The minimum absolute atomic E-state index is 0.138. The molecule has 1 saturated heterocycles. The highest BCUT2D eigenvalue weighted by molar-refractivity contribution is 7.71. The number of carbonyl (C=O) groups is 1. The zero-order valence-electron chi connectivity index (χ0n) is 14.0.